The summed E-state index contributed by atoms with van der Waals surface area (Å²) in [5.74, 6) is 1.41. The molecule has 2 aromatic rings. The SMILES string of the molecule is COc1cc(OC)cc(C(=O)C2CC(NC(=O)c3ccc(C)cc3)CC3C(C)(C)CCCC23C)c1. The number of nitrogens with one attached hydrogen (secondary N) is 1. The Morgan fingerprint density at radius 1 is 0.886 bits per heavy atom. The standard InChI is InChI=1S/C30H39NO4/c1-19-8-10-20(11-9-19)28(33)31-22-16-25(30(4)13-7-12-29(2,3)26(30)17-22)27(32)21-14-23(34-5)18-24(15-21)35-6/h8-11,14-15,18,22,25-26H,7,12-13,16-17H2,1-6H3,(H,31,33). The van der Waals surface area contributed by atoms with Gasteiger partial charge in [0, 0.05) is 29.2 Å². The maximum absolute atomic E-state index is 14.1. The molecule has 5 nitrogen and oxygen atoms in total. The quantitative estimate of drug-likeness (QED) is 0.501. The van der Waals surface area contributed by atoms with Gasteiger partial charge in [0.15, 0.2) is 5.78 Å². The number of ketones is 1. The third-order valence-electron chi connectivity index (χ3n) is 8.71. The normalized spacial score (nSPS) is 27.4. The second-order valence-corrected chi connectivity index (χ2v) is 11.4. The maximum Gasteiger partial charge on any atom is 0.251 e. The summed E-state index contributed by atoms with van der Waals surface area (Å²) in [7, 11) is 3.20. The van der Waals surface area contributed by atoms with Crippen LogP contribution in [-0.2, 0) is 0 Å². The summed E-state index contributed by atoms with van der Waals surface area (Å²) < 4.78 is 10.9. The number of hydrogen-bond donors (Lipinski definition) is 1. The van der Waals surface area contributed by atoms with Crippen LogP contribution in [0.5, 0.6) is 11.5 Å². The van der Waals surface area contributed by atoms with Gasteiger partial charge >= 0.3 is 0 Å². The Labute approximate surface area is 209 Å². The van der Waals surface area contributed by atoms with Crippen LogP contribution in [0.1, 0.15) is 79.2 Å². The molecule has 4 rings (SSSR count). The van der Waals surface area contributed by atoms with Crippen LogP contribution in [0.2, 0.25) is 0 Å². The molecule has 35 heavy (non-hydrogen) atoms. The largest absolute Gasteiger partial charge is 0.497 e. The number of methoxy groups -OCH3 is 2. The minimum Gasteiger partial charge on any atom is -0.497 e. The molecular formula is C30H39NO4. The zero-order valence-electron chi connectivity index (χ0n) is 21.9. The number of amides is 1. The lowest BCUT2D eigenvalue weighted by Gasteiger charge is -2.58. The third kappa shape index (κ3) is 4.96. The van der Waals surface area contributed by atoms with E-state index in [9.17, 15) is 9.59 Å². The van der Waals surface area contributed by atoms with Gasteiger partial charge in [-0.15, -0.1) is 0 Å². The fourth-order valence-electron chi connectivity index (χ4n) is 6.75. The van der Waals surface area contributed by atoms with E-state index >= 15 is 0 Å². The summed E-state index contributed by atoms with van der Waals surface area (Å²) >= 11 is 0. The van der Waals surface area contributed by atoms with Crippen LogP contribution in [-0.4, -0.2) is 32.0 Å². The molecule has 1 amide bonds. The van der Waals surface area contributed by atoms with Crippen molar-refractivity contribution in [2.75, 3.05) is 14.2 Å². The predicted octanol–water partition coefficient (Wildman–Crippen LogP) is 6.24. The van der Waals surface area contributed by atoms with E-state index in [1.54, 1.807) is 20.3 Å². The minimum absolute atomic E-state index is 0.0549. The average Bonchev–Trinajstić information content (AvgIpc) is 2.83. The Morgan fingerprint density at radius 2 is 1.51 bits per heavy atom. The first-order valence-electron chi connectivity index (χ1n) is 12.7. The second-order valence-electron chi connectivity index (χ2n) is 11.4. The van der Waals surface area contributed by atoms with Crippen LogP contribution in [0.3, 0.4) is 0 Å². The predicted molar refractivity (Wildman–Crippen MR) is 138 cm³/mol. The molecule has 0 heterocycles. The number of carbonyl (C=O) groups excluding carboxylic acids is 2. The number of rotatable bonds is 6. The van der Waals surface area contributed by atoms with Crippen molar-refractivity contribution in [1.82, 2.24) is 5.32 Å². The molecule has 2 aromatic carbocycles. The van der Waals surface area contributed by atoms with Crippen LogP contribution in [0.4, 0.5) is 0 Å². The molecule has 4 atom stereocenters. The zero-order valence-corrected chi connectivity index (χ0v) is 21.9. The number of ether oxygens (including phenoxy) is 2. The number of benzene rings is 2. The molecule has 0 aliphatic heterocycles. The van der Waals surface area contributed by atoms with Gasteiger partial charge in [-0.3, -0.25) is 9.59 Å². The van der Waals surface area contributed by atoms with Crippen LogP contribution in [0.25, 0.3) is 0 Å². The fourth-order valence-corrected chi connectivity index (χ4v) is 6.75. The molecule has 2 fully saturated rings. The third-order valence-corrected chi connectivity index (χ3v) is 8.71. The summed E-state index contributed by atoms with van der Waals surface area (Å²) in [6.07, 6.45) is 4.81. The first-order valence-corrected chi connectivity index (χ1v) is 12.7. The highest BCUT2D eigenvalue weighted by molar-refractivity contribution is 5.99. The lowest BCUT2D eigenvalue weighted by Crippen LogP contribution is -2.56. The van der Waals surface area contributed by atoms with Gasteiger partial charge in [0.05, 0.1) is 14.2 Å². The Kier molecular flexibility index (Phi) is 6.99. The van der Waals surface area contributed by atoms with Crippen molar-refractivity contribution in [3.05, 3.63) is 59.2 Å². The molecule has 1 N–H and O–H groups in total. The molecular weight excluding hydrogens is 438 g/mol. The van der Waals surface area contributed by atoms with E-state index in [1.165, 1.54) is 0 Å². The number of aryl methyl sites for hydroxylation is 1. The van der Waals surface area contributed by atoms with Crippen molar-refractivity contribution >= 4 is 11.7 Å². The first-order chi connectivity index (χ1) is 16.6. The molecule has 188 valence electrons. The molecule has 2 saturated carbocycles. The molecule has 0 saturated heterocycles. The zero-order chi connectivity index (χ0) is 25.4. The average molecular weight is 478 g/mol. The highest BCUT2D eigenvalue weighted by Crippen LogP contribution is 2.60. The van der Waals surface area contributed by atoms with Crippen molar-refractivity contribution in [1.29, 1.82) is 0 Å². The Morgan fingerprint density at radius 3 is 2.11 bits per heavy atom. The van der Waals surface area contributed by atoms with Gasteiger partial charge in [0.2, 0.25) is 0 Å². The van der Waals surface area contributed by atoms with Crippen molar-refractivity contribution in [2.45, 2.75) is 65.8 Å². The maximum atomic E-state index is 14.1. The van der Waals surface area contributed by atoms with E-state index in [4.69, 9.17) is 9.47 Å². The number of hydrogen-bond acceptors (Lipinski definition) is 4. The lowest BCUT2D eigenvalue weighted by atomic mass is 9.47. The Hall–Kier alpha value is -2.82. The van der Waals surface area contributed by atoms with Crippen molar-refractivity contribution in [2.24, 2.45) is 22.7 Å². The van der Waals surface area contributed by atoms with E-state index < -0.39 is 0 Å². The smallest absolute Gasteiger partial charge is 0.251 e. The topological polar surface area (TPSA) is 64.6 Å². The van der Waals surface area contributed by atoms with E-state index in [0.29, 0.717) is 35.0 Å². The van der Waals surface area contributed by atoms with Gasteiger partial charge < -0.3 is 14.8 Å². The van der Waals surface area contributed by atoms with Crippen molar-refractivity contribution in [3.8, 4) is 11.5 Å². The molecule has 0 bridgehead atoms. The second kappa shape index (κ2) is 9.67. The van der Waals surface area contributed by atoms with Gasteiger partial charge in [0.25, 0.3) is 5.91 Å². The summed E-state index contributed by atoms with van der Waals surface area (Å²) in [6, 6.07) is 13.0. The molecule has 0 aromatic heterocycles. The van der Waals surface area contributed by atoms with E-state index in [1.807, 2.05) is 43.3 Å². The Balaban J connectivity index is 1.67. The molecule has 0 radical (unpaired) electrons. The van der Waals surface area contributed by atoms with Crippen LogP contribution >= 0.6 is 0 Å². The highest BCUT2D eigenvalue weighted by Gasteiger charge is 2.56. The van der Waals surface area contributed by atoms with Gasteiger partial charge in [-0.05, 0) is 73.6 Å². The van der Waals surface area contributed by atoms with Gasteiger partial charge in [-0.25, -0.2) is 0 Å². The van der Waals surface area contributed by atoms with Gasteiger partial charge in [-0.2, -0.15) is 0 Å². The summed E-state index contributed by atoms with van der Waals surface area (Å²) in [5.41, 5.74) is 2.37. The highest BCUT2D eigenvalue weighted by atomic mass is 16.5. The number of Topliss-reactive ketones (excluding diaryl/α,β-unsaturated/α-hetero) is 1. The van der Waals surface area contributed by atoms with E-state index in [0.717, 1.165) is 31.2 Å². The molecule has 4 unspecified atom stereocenters. The monoisotopic (exact) mass is 477 g/mol. The van der Waals surface area contributed by atoms with E-state index in [-0.39, 0.29) is 34.5 Å². The molecule has 2 aliphatic carbocycles. The minimum atomic E-state index is -0.194. The Bertz CT molecular complexity index is 1070. The lowest BCUT2D eigenvalue weighted by molar-refractivity contribution is -0.0698. The molecule has 0 spiro atoms. The molecule has 2 aliphatic rings. The van der Waals surface area contributed by atoms with Crippen molar-refractivity contribution in [3.63, 3.8) is 0 Å². The van der Waals surface area contributed by atoms with Crippen LogP contribution < -0.4 is 14.8 Å². The van der Waals surface area contributed by atoms with Gasteiger partial charge in [-0.1, -0.05) is 44.9 Å². The summed E-state index contributed by atoms with van der Waals surface area (Å²) in [5, 5.41) is 3.28. The summed E-state index contributed by atoms with van der Waals surface area (Å²) in [6.45, 7) is 8.97. The van der Waals surface area contributed by atoms with Crippen LogP contribution in [0.15, 0.2) is 42.5 Å². The first kappa shape index (κ1) is 25.3. The summed E-state index contributed by atoms with van der Waals surface area (Å²) in [4.78, 5) is 27.2. The number of fused-ring (bicyclic) bond motifs is 1. The molecule has 5 heteroatoms. The van der Waals surface area contributed by atoms with Gasteiger partial charge in [0.1, 0.15) is 11.5 Å². The van der Waals surface area contributed by atoms with E-state index in [2.05, 4.69) is 26.1 Å². The van der Waals surface area contributed by atoms with Crippen LogP contribution in [0, 0.1) is 29.6 Å². The number of carbonyl (C=O) groups is 2. The van der Waals surface area contributed by atoms with Crippen molar-refractivity contribution < 1.29 is 19.1 Å². The fraction of sp³-hybridized carbons (Fsp3) is 0.533.